The number of nitrogens with one attached hydrogen (secondary N) is 2. The van der Waals surface area contributed by atoms with E-state index in [1.54, 1.807) is 36.5 Å². The normalized spacial score (nSPS) is 14.7. The Bertz CT molecular complexity index is 1280. The van der Waals surface area contributed by atoms with Gasteiger partial charge in [-0.25, -0.2) is 4.39 Å². The first-order valence-corrected chi connectivity index (χ1v) is 12.5. The minimum absolute atomic E-state index is 0.0961. The monoisotopic (exact) mass is 488 g/mol. The largest absolute Gasteiger partial charge is 0.457 e. The van der Waals surface area contributed by atoms with Crippen LogP contribution in [0.2, 0.25) is 0 Å². The Balaban J connectivity index is 1.54. The average Bonchev–Trinajstić information content (AvgIpc) is 2.85. The van der Waals surface area contributed by atoms with Crippen LogP contribution in [0.4, 0.5) is 10.1 Å². The maximum absolute atomic E-state index is 15.3. The fraction of sp³-hybridized carbons (Fsp3) is 0.345. The molecule has 7 heteroatoms. The molecule has 6 nitrogen and oxygen atoms in total. The lowest BCUT2D eigenvalue weighted by atomic mass is 9.62. The van der Waals surface area contributed by atoms with Crippen LogP contribution in [-0.4, -0.2) is 23.1 Å². The van der Waals surface area contributed by atoms with Crippen LogP contribution in [0.5, 0.6) is 11.5 Å². The third kappa shape index (κ3) is 5.10. The molecule has 1 aromatic heterocycles. The van der Waals surface area contributed by atoms with Gasteiger partial charge in [0.1, 0.15) is 17.3 Å². The lowest BCUT2D eigenvalue weighted by Gasteiger charge is -2.47. The van der Waals surface area contributed by atoms with Gasteiger partial charge in [0.25, 0.3) is 5.91 Å². The van der Waals surface area contributed by atoms with E-state index in [1.165, 1.54) is 12.3 Å². The van der Waals surface area contributed by atoms with Crippen molar-refractivity contribution in [1.29, 1.82) is 5.41 Å². The summed E-state index contributed by atoms with van der Waals surface area (Å²) in [5.74, 6) is 0.135. The van der Waals surface area contributed by atoms with Gasteiger partial charge in [-0.1, -0.05) is 33.6 Å². The van der Waals surface area contributed by atoms with Crippen molar-refractivity contribution >= 4 is 17.8 Å². The van der Waals surface area contributed by atoms with Gasteiger partial charge in [0.05, 0.1) is 11.3 Å². The molecule has 1 saturated carbocycles. The molecule has 1 aliphatic carbocycles. The fourth-order valence-electron chi connectivity index (χ4n) is 5.03. The number of nitrogens with zero attached hydrogens (tertiary/aromatic N) is 1. The Kier molecular flexibility index (Phi) is 7.38. The number of nitrogen functional groups attached to an aromatic ring is 1. The van der Waals surface area contributed by atoms with Crippen molar-refractivity contribution in [3.05, 3.63) is 71.2 Å². The van der Waals surface area contributed by atoms with Gasteiger partial charge in [-0.05, 0) is 60.6 Å². The second kappa shape index (κ2) is 10.5. The van der Waals surface area contributed by atoms with E-state index in [9.17, 15) is 4.79 Å². The zero-order valence-corrected chi connectivity index (χ0v) is 21.0. The average molecular weight is 489 g/mol. The quantitative estimate of drug-likeness (QED) is 0.236. The van der Waals surface area contributed by atoms with Gasteiger partial charge in [0.15, 0.2) is 0 Å². The molecule has 4 rings (SSSR count). The van der Waals surface area contributed by atoms with Crippen molar-refractivity contribution in [1.82, 2.24) is 10.3 Å². The Labute approximate surface area is 211 Å². The SMILES string of the molecule is CCc1cc(-c2cc(Oc3ccc(C=N)c(N)c3)ccn2)cc(F)c1C(=O)NC1CC(CC)(CC)C1. The number of anilines is 1. The Morgan fingerprint density at radius 1 is 1.17 bits per heavy atom. The van der Waals surface area contributed by atoms with Crippen LogP contribution in [0.1, 0.15) is 67.9 Å². The lowest BCUT2D eigenvalue weighted by Crippen LogP contribution is -2.50. The highest BCUT2D eigenvalue weighted by Gasteiger charge is 2.42. The lowest BCUT2D eigenvalue weighted by molar-refractivity contribution is 0.0603. The number of pyridine rings is 1. The number of ether oxygens (including phenoxy) is 1. The number of aryl methyl sites for hydroxylation is 1. The first kappa shape index (κ1) is 25.4. The third-order valence-electron chi connectivity index (χ3n) is 7.45. The first-order chi connectivity index (χ1) is 17.3. The van der Waals surface area contributed by atoms with Crippen LogP contribution in [0.3, 0.4) is 0 Å². The predicted octanol–water partition coefficient (Wildman–Crippen LogP) is 6.52. The number of hydrogen-bond acceptors (Lipinski definition) is 5. The molecule has 1 amide bonds. The van der Waals surface area contributed by atoms with E-state index >= 15 is 4.39 Å². The highest BCUT2D eigenvalue weighted by Crippen LogP contribution is 2.46. The zero-order chi connectivity index (χ0) is 25.9. The fourth-order valence-corrected chi connectivity index (χ4v) is 5.03. The highest BCUT2D eigenvalue weighted by molar-refractivity contribution is 5.97. The molecule has 2 aromatic carbocycles. The van der Waals surface area contributed by atoms with E-state index in [-0.39, 0.29) is 17.5 Å². The number of halogens is 1. The Morgan fingerprint density at radius 2 is 1.89 bits per heavy atom. The topological polar surface area (TPSA) is 101 Å². The van der Waals surface area contributed by atoms with E-state index in [2.05, 4.69) is 24.1 Å². The van der Waals surface area contributed by atoms with Crippen molar-refractivity contribution in [3.63, 3.8) is 0 Å². The van der Waals surface area contributed by atoms with Crippen molar-refractivity contribution < 1.29 is 13.9 Å². The number of carbonyl (C=O) groups is 1. The summed E-state index contributed by atoms with van der Waals surface area (Å²) >= 11 is 0. The van der Waals surface area contributed by atoms with Crippen LogP contribution >= 0.6 is 0 Å². The van der Waals surface area contributed by atoms with Crippen LogP contribution in [0.25, 0.3) is 11.3 Å². The van der Waals surface area contributed by atoms with Crippen molar-refractivity contribution in [2.45, 2.75) is 58.9 Å². The summed E-state index contributed by atoms with van der Waals surface area (Å²) in [5, 5.41) is 10.4. The molecule has 0 bridgehead atoms. The summed E-state index contributed by atoms with van der Waals surface area (Å²) in [6, 6.07) is 11.8. The molecule has 4 N–H and O–H groups in total. The molecule has 1 aliphatic rings. The van der Waals surface area contributed by atoms with Gasteiger partial charge in [-0.3, -0.25) is 9.78 Å². The maximum Gasteiger partial charge on any atom is 0.254 e. The highest BCUT2D eigenvalue weighted by atomic mass is 19.1. The molecular weight excluding hydrogens is 455 g/mol. The van der Waals surface area contributed by atoms with E-state index in [0.717, 1.165) is 25.7 Å². The summed E-state index contributed by atoms with van der Waals surface area (Å²) in [6.45, 7) is 6.28. The smallest absolute Gasteiger partial charge is 0.254 e. The summed E-state index contributed by atoms with van der Waals surface area (Å²) in [5.41, 5.74) is 9.16. The molecule has 0 atom stereocenters. The molecule has 3 aromatic rings. The van der Waals surface area contributed by atoms with Crippen molar-refractivity contribution in [2.24, 2.45) is 5.41 Å². The van der Waals surface area contributed by atoms with Crippen LogP contribution < -0.4 is 15.8 Å². The second-order valence-corrected chi connectivity index (χ2v) is 9.55. The van der Waals surface area contributed by atoms with Crippen LogP contribution in [-0.2, 0) is 6.42 Å². The van der Waals surface area contributed by atoms with Crippen LogP contribution in [0.15, 0.2) is 48.7 Å². The Morgan fingerprint density at radius 3 is 2.53 bits per heavy atom. The molecule has 0 saturated heterocycles. The predicted molar refractivity (Wildman–Crippen MR) is 141 cm³/mol. The number of aromatic nitrogens is 1. The molecule has 1 fully saturated rings. The third-order valence-corrected chi connectivity index (χ3v) is 7.45. The van der Waals surface area contributed by atoms with Gasteiger partial charge in [0, 0.05) is 47.4 Å². The number of rotatable bonds is 9. The van der Waals surface area contributed by atoms with E-state index < -0.39 is 5.82 Å². The summed E-state index contributed by atoms with van der Waals surface area (Å²) in [7, 11) is 0. The number of amides is 1. The van der Waals surface area contributed by atoms with Crippen LogP contribution in [0, 0.1) is 16.6 Å². The second-order valence-electron chi connectivity index (χ2n) is 9.55. The summed E-state index contributed by atoms with van der Waals surface area (Å²) in [6.07, 6.45) is 7.37. The molecular formula is C29H33FN4O2. The van der Waals surface area contributed by atoms with E-state index in [0.29, 0.717) is 51.4 Å². The zero-order valence-electron chi connectivity index (χ0n) is 21.0. The van der Waals surface area contributed by atoms with Gasteiger partial charge < -0.3 is 21.2 Å². The van der Waals surface area contributed by atoms with Gasteiger partial charge in [0.2, 0.25) is 0 Å². The minimum Gasteiger partial charge on any atom is -0.457 e. The van der Waals surface area contributed by atoms with Gasteiger partial charge in [-0.2, -0.15) is 0 Å². The summed E-state index contributed by atoms with van der Waals surface area (Å²) < 4.78 is 21.2. The number of nitrogens with two attached hydrogens (primary N) is 1. The molecule has 188 valence electrons. The molecule has 0 spiro atoms. The van der Waals surface area contributed by atoms with Crippen molar-refractivity contribution in [3.8, 4) is 22.8 Å². The number of benzene rings is 2. The standard InChI is InChI=1S/C29H33FN4O2/c1-4-18-11-20(12-24(30)27(18)28(35)34-21-15-29(5-2,6-3)16-21)26-14-23(9-10-33-26)36-22-8-7-19(17-31)25(32)13-22/h7-14,17,21,31H,4-6,15-16,32H2,1-3H3,(H,34,35). The molecule has 0 radical (unpaired) electrons. The number of hydrogen-bond donors (Lipinski definition) is 3. The maximum atomic E-state index is 15.3. The minimum atomic E-state index is -0.554. The molecule has 0 aliphatic heterocycles. The summed E-state index contributed by atoms with van der Waals surface area (Å²) in [4.78, 5) is 17.4. The van der Waals surface area contributed by atoms with Crippen molar-refractivity contribution in [2.75, 3.05) is 5.73 Å². The molecule has 0 unspecified atom stereocenters. The van der Waals surface area contributed by atoms with E-state index in [1.807, 2.05) is 13.0 Å². The van der Waals surface area contributed by atoms with E-state index in [4.69, 9.17) is 15.9 Å². The van der Waals surface area contributed by atoms with Gasteiger partial charge >= 0.3 is 0 Å². The Hall–Kier alpha value is -3.74. The van der Waals surface area contributed by atoms with Gasteiger partial charge in [-0.15, -0.1) is 0 Å². The first-order valence-electron chi connectivity index (χ1n) is 12.5. The molecule has 36 heavy (non-hydrogen) atoms. The molecule has 1 heterocycles. The number of carbonyl (C=O) groups excluding carboxylic acids is 1.